The molecule has 3 rings (SSSR count). The lowest BCUT2D eigenvalue weighted by Crippen LogP contribution is -2.76. The van der Waals surface area contributed by atoms with Gasteiger partial charge in [-0.2, -0.15) is 5.01 Å². The number of rotatable bonds is 9. The molecule has 2 fully saturated rings. The number of terminal acetylenes is 1. The van der Waals surface area contributed by atoms with Gasteiger partial charge in [0.05, 0.1) is 30.4 Å². The van der Waals surface area contributed by atoms with Crippen LogP contribution in [-0.4, -0.2) is 93.4 Å². The Labute approximate surface area is 217 Å². The molecule has 11 nitrogen and oxygen atoms in total. The molecule has 35 heavy (non-hydrogen) atoms. The summed E-state index contributed by atoms with van der Waals surface area (Å²) in [5.41, 5.74) is 12.3. The largest absolute Gasteiger partial charge is 0.367 e. The summed E-state index contributed by atoms with van der Waals surface area (Å²) in [5, 5.41) is 5.89. The Morgan fingerprint density at radius 2 is 2.03 bits per heavy atom. The van der Waals surface area contributed by atoms with Crippen molar-refractivity contribution in [3.63, 3.8) is 0 Å². The number of hydrogen-bond acceptors (Lipinski definition) is 7. The van der Waals surface area contributed by atoms with Gasteiger partial charge in [0.25, 0.3) is 0 Å². The van der Waals surface area contributed by atoms with Gasteiger partial charge in [0.1, 0.15) is 24.6 Å². The Morgan fingerprint density at radius 1 is 1.31 bits per heavy atom. The third-order valence-corrected chi connectivity index (χ3v) is 6.51. The predicted molar refractivity (Wildman–Crippen MR) is 134 cm³/mol. The third-order valence-electron chi connectivity index (χ3n) is 5.72. The molecule has 0 unspecified atom stereocenters. The Balaban J connectivity index is 1.85. The minimum absolute atomic E-state index is 0.0397. The first kappa shape index (κ1) is 27.1. The molecule has 5 N–H and O–H groups in total. The SMILES string of the molecule is C#CCOCCN1C[C@H]2N(C(=O)CN(CI)N2C(=O)NCc2ccc(F)cc2)[C@@H](CC(N)N)C1=O. The van der Waals surface area contributed by atoms with E-state index in [1.165, 1.54) is 26.9 Å². The predicted octanol–water partition coefficient (Wildman–Crippen LogP) is -0.391. The number of hydrazine groups is 1. The minimum atomic E-state index is -0.919. The summed E-state index contributed by atoms with van der Waals surface area (Å²) in [4.78, 5) is 42.7. The van der Waals surface area contributed by atoms with Gasteiger partial charge in [-0.3, -0.25) is 9.59 Å². The van der Waals surface area contributed by atoms with Crippen molar-refractivity contribution in [3.8, 4) is 12.3 Å². The smallest absolute Gasteiger partial charge is 0.334 e. The molecule has 0 saturated carbocycles. The van der Waals surface area contributed by atoms with Crippen molar-refractivity contribution < 1.29 is 23.5 Å². The van der Waals surface area contributed by atoms with Crippen molar-refractivity contribution in [2.75, 3.05) is 37.4 Å². The van der Waals surface area contributed by atoms with Crippen LogP contribution in [0.1, 0.15) is 12.0 Å². The molecule has 4 amide bonds. The van der Waals surface area contributed by atoms with Crippen LogP contribution in [0.3, 0.4) is 0 Å². The Kier molecular flexibility index (Phi) is 9.63. The Morgan fingerprint density at radius 3 is 2.66 bits per heavy atom. The molecule has 2 heterocycles. The first-order valence-electron chi connectivity index (χ1n) is 11.0. The normalized spacial score (nSPS) is 20.7. The number of hydrogen-bond donors (Lipinski definition) is 3. The molecular formula is C22H29FIN7O4. The van der Waals surface area contributed by atoms with E-state index in [1.54, 1.807) is 17.1 Å². The zero-order chi connectivity index (χ0) is 25.5. The number of piperazine rings is 1. The Hall–Kier alpha value is -2.51. The zero-order valence-corrected chi connectivity index (χ0v) is 21.3. The summed E-state index contributed by atoms with van der Waals surface area (Å²) in [6, 6.07) is 4.40. The molecule has 0 radical (unpaired) electrons. The second-order valence-electron chi connectivity index (χ2n) is 8.15. The van der Waals surface area contributed by atoms with Gasteiger partial charge in [-0.15, -0.1) is 6.42 Å². The van der Waals surface area contributed by atoms with Crippen LogP contribution in [0.5, 0.6) is 0 Å². The monoisotopic (exact) mass is 601 g/mol. The summed E-state index contributed by atoms with van der Waals surface area (Å²) in [6.07, 6.45) is 3.65. The second kappa shape index (κ2) is 12.5. The number of halogens is 2. The topological polar surface area (TPSA) is 137 Å². The number of nitrogens with zero attached hydrogens (tertiary/aromatic N) is 4. The standard InChI is InChI=1S/C22H29FIN7O4/c1-2-8-35-9-7-28-12-19-30(17(21(28)33)10-18(25)26)20(32)13-29(14-24)31(19)22(34)27-11-15-3-5-16(23)6-4-15/h1,3-6,17-19H,7-14,25-26H2,(H,27,34)/t17-,19-/m0/s1. The van der Waals surface area contributed by atoms with Gasteiger partial charge in [-0.05, 0) is 17.7 Å². The first-order chi connectivity index (χ1) is 16.8. The van der Waals surface area contributed by atoms with Crippen LogP contribution in [0.15, 0.2) is 24.3 Å². The fourth-order valence-corrected chi connectivity index (χ4v) is 4.72. The highest BCUT2D eigenvalue weighted by atomic mass is 127. The van der Waals surface area contributed by atoms with E-state index in [-0.39, 0.29) is 63.4 Å². The number of benzene rings is 1. The third kappa shape index (κ3) is 6.58. The number of carbonyl (C=O) groups is 3. The number of ether oxygens (including phenoxy) is 1. The quantitative estimate of drug-likeness (QED) is 0.0876. The van der Waals surface area contributed by atoms with Gasteiger partial charge >= 0.3 is 6.03 Å². The summed E-state index contributed by atoms with van der Waals surface area (Å²) >= 11 is 2.07. The molecule has 0 spiro atoms. The van der Waals surface area contributed by atoms with Crippen LogP contribution in [0.2, 0.25) is 0 Å². The molecule has 0 aromatic heterocycles. The number of urea groups is 1. The van der Waals surface area contributed by atoms with Gasteiger partial charge in [0, 0.05) is 19.5 Å². The van der Waals surface area contributed by atoms with Crippen LogP contribution in [0, 0.1) is 18.2 Å². The van der Waals surface area contributed by atoms with Crippen LogP contribution in [0.25, 0.3) is 0 Å². The number of nitrogens with two attached hydrogens (primary N) is 2. The molecule has 190 valence electrons. The summed E-state index contributed by atoms with van der Waals surface area (Å²) in [7, 11) is 0. The maximum Gasteiger partial charge on any atom is 0.334 e. The fraction of sp³-hybridized carbons (Fsp3) is 0.500. The number of alkyl halides is 1. The van der Waals surface area contributed by atoms with E-state index in [9.17, 15) is 18.8 Å². The van der Waals surface area contributed by atoms with E-state index in [4.69, 9.17) is 22.6 Å². The lowest BCUT2D eigenvalue weighted by Gasteiger charge is -2.55. The van der Waals surface area contributed by atoms with Crippen LogP contribution in [-0.2, 0) is 20.9 Å². The zero-order valence-electron chi connectivity index (χ0n) is 19.1. The molecule has 2 saturated heterocycles. The highest BCUT2D eigenvalue weighted by Crippen LogP contribution is 2.28. The molecule has 2 atom stereocenters. The average Bonchev–Trinajstić information content (AvgIpc) is 2.82. The van der Waals surface area contributed by atoms with Crippen molar-refractivity contribution in [2.45, 2.75) is 31.3 Å². The molecule has 1 aromatic rings. The minimum Gasteiger partial charge on any atom is -0.367 e. The molecule has 2 aliphatic heterocycles. The van der Waals surface area contributed by atoms with E-state index in [2.05, 4.69) is 33.8 Å². The molecule has 2 aliphatic rings. The van der Waals surface area contributed by atoms with Crippen LogP contribution in [0.4, 0.5) is 9.18 Å². The fourth-order valence-electron chi connectivity index (χ4n) is 4.15. The molecule has 0 bridgehead atoms. The molecule has 13 heteroatoms. The van der Waals surface area contributed by atoms with E-state index in [1.807, 2.05) is 0 Å². The van der Waals surface area contributed by atoms with E-state index >= 15 is 0 Å². The lowest BCUT2D eigenvalue weighted by molar-refractivity contribution is -0.188. The lowest BCUT2D eigenvalue weighted by atomic mass is 10.0. The number of fused-ring (bicyclic) bond motifs is 1. The summed E-state index contributed by atoms with van der Waals surface area (Å²) < 4.78 is 18.9. The van der Waals surface area contributed by atoms with E-state index < -0.39 is 24.4 Å². The number of carbonyl (C=O) groups excluding carboxylic acids is 3. The molecule has 1 aromatic carbocycles. The second-order valence-corrected chi connectivity index (χ2v) is 8.83. The summed E-state index contributed by atoms with van der Waals surface area (Å²) in [6.45, 7) is 0.684. The van der Waals surface area contributed by atoms with Crippen molar-refractivity contribution >= 4 is 40.4 Å². The van der Waals surface area contributed by atoms with Gasteiger partial charge in [-0.1, -0.05) is 40.6 Å². The van der Waals surface area contributed by atoms with Gasteiger partial charge in [0.2, 0.25) is 11.8 Å². The average molecular weight is 601 g/mol. The Bertz CT molecular complexity index is 958. The number of nitrogens with one attached hydrogen (secondary N) is 1. The van der Waals surface area contributed by atoms with Gasteiger partial charge < -0.3 is 31.3 Å². The molecule has 0 aliphatic carbocycles. The van der Waals surface area contributed by atoms with Gasteiger partial charge in [0.15, 0.2) is 0 Å². The van der Waals surface area contributed by atoms with Crippen molar-refractivity contribution in [3.05, 3.63) is 35.6 Å². The van der Waals surface area contributed by atoms with Crippen LogP contribution < -0.4 is 16.8 Å². The first-order valence-corrected chi connectivity index (χ1v) is 12.5. The highest BCUT2D eigenvalue weighted by Gasteiger charge is 2.51. The van der Waals surface area contributed by atoms with E-state index in [0.29, 0.717) is 10.1 Å². The maximum atomic E-state index is 13.3. The van der Waals surface area contributed by atoms with Gasteiger partial charge in [-0.25, -0.2) is 14.2 Å². The van der Waals surface area contributed by atoms with E-state index in [0.717, 1.165) is 0 Å². The van der Waals surface area contributed by atoms with Crippen molar-refractivity contribution in [1.29, 1.82) is 0 Å². The van der Waals surface area contributed by atoms with Crippen molar-refractivity contribution in [2.24, 2.45) is 11.5 Å². The number of amides is 4. The summed E-state index contributed by atoms with van der Waals surface area (Å²) in [5.74, 6) is 1.39. The highest BCUT2D eigenvalue weighted by molar-refractivity contribution is 14.1. The maximum absolute atomic E-state index is 13.3. The molecular weight excluding hydrogens is 572 g/mol. The van der Waals surface area contributed by atoms with Crippen LogP contribution >= 0.6 is 22.6 Å². The van der Waals surface area contributed by atoms with Crippen molar-refractivity contribution in [1.82, 2.24) is 25.1 Å².